The third-order valence-corrected chi connectivity index (χ3v) is 5.40. The van der Waals surface area contributed by atoms with Gasteiger partial charge in [0.25, 0.3) is 5.89 Å². The molecule has 5 heterocycles. The quantitative estimate of drug-likeness (QED) is 0.667. The number of nitrogens with zero attached hydrogens (tertiary/aromatic N) is 6. The van der Waals surface area contributed by atoms with Crippen molar-refractivity contribution in [1.82, 2.24) is 29.9 Å². The Hall–Kier alpha value is -1.90. The van der Waals surface area contributed by atoms with E-state index in [0.29, 0.717) is 5.89 Å². The monoisotopic (exact) mass is 386 g/mol. The first kappa shape index (κ1) is 14.4. The van der Waals surface area contributed by atoms with Crippen molar-refractivity contribution < 1.29 is 4.52 Å². The molecule has 3 saturated heterocycles. The molecule has 3 aromatic rings. The molecule has 1 aromatic carbocycles. The van der Waals surface area contributed by atoms with Gasteiger partial charge < -0.3 is 4.52 Å². The van der Waals surface area contributed by atoms with Gasteiger partial charge in [0.05, 0.1) is 11.6 Å². The number of piperazine rings is 3. The molecule has 3 fully saturated rings. The molecule has 8 heteroatoms. The highest BCUT2D eigenvalue weighted by atomic mass is 79.9. The van der Waals surface area contributed by atoms with Crippen LogP contribution in [0.15, 0.2) is 33.5 Å². The maximum Gasteiger partial charge on any atom is 0.258 e. The Morgan fingerprint density at radius 2 is 1.92 bits per heavy atom. The molecule has 0 spiro atoms. The van der Waals surface area contributed by atoms with E-state index in [4.69, 9.17) is 4.52 Å². The summed E-state index contributed by atoms with van der Waals surface area (Å²) in [5.74, 6) is 1.29. The summed E-state index contributed by atoms with van der Waals surface area (Å²) >= 11 is 3.55. The number of hydrogen-bond acceptors (Lipinski definition) is 7. The average molecular weight is 387 g/mol. The van der Waals surface area contributed by atoms with E-state index in [2.05, 4.69) is 45.8 Å². The van der Waals surface area contributed by atoms with Crippen LogP contribution in [0, 0.1) is 0 Å². The highest BCUT2D eigenvalue weighted by molar-refractivity contribution is 9.10. The van der Waals surface area contributed by atoms with Crippen LogP contribution >= 0.6 is 15.9 Å². The van der Waals surface area contributed by atoms with Gasteiger partial charge in [-0.15, -0.1) is 0 Å². The lowest BCUT2D eigenvalue weighted by atomic mass is 10.1. The molecule has 7 nitrogen and oxygen atoms in total. The summed E-state index contributed by atoms with van der Waals surface area (Å²) < 4.78 is 6.41. The Kier molecular flexibility index (Phi) is 3.36. The van der Waals surface area contributed by atoms with Crippen molar-refractivity contribution in [3.8, 4) is 11.5 Å². The molecule has 0 radical (unpaired) electrons. The summed E-state index contributed by atoms with van der Waals surface area (Å²) in [5, 5.41) is 4.24. The normalized spacial score (nSPS) is 26.1. The highest BCUT2D eigenvalue weighted by Gasteiger charge is 2.35. The van der Waals surface area contributed by atoms with Crippen molar-refractivity contribution in [1.29, 1.82) is 0 Å². The van der Waals surface area contributed by atoms with Crippen LogP contribution in [-0.2, 0) is 0 Å². The zero-order valence-electron chi connectivity index (χ0n) is 12.9. The summed E-state index contributed by atoms with van der Waals surface area (Å²) in [6, 6.07) is 4.11. The lowest BCUT2D eigenvalue weighted by molar-refractivity contribution is 0.00781. The Labute approximate surface area is 146 Å². The zero-order valence-corrected chi connectivity index (χ0v) is 14.5. The van der Waals surface area contributed by atoms with E-state index in [1.54, 1.807) is 12.4 Å². The first-order valence-electron chi connectivity index (χ1n) is 7.98. The van der Waals surface area contributed by atoms with Crippen LogP contribution < -0.4 is 0 Å². The molecular formula is C16H15BrN6O. The molecule has 122 valence electrons. The largest absolute Gasteiger partial charge is 0.334 e. The maximum atomic E-state index is 5.54. The second kappa shape index (κ2) is 5.58. The number of fused-ring (bicyclic) bond motifs is 4. The van der Waals surface area contributed by atoms with Gasteiger partial charge in [0.15, 0.2) is 5.82 Å². The summed E-state index contributed by atoms with van der Waals surface area (Å²) in [4.78, 5) is 18.2. The van der Waals surface area contributed by atoms with Crippen LogP contribution in [0.3, 0.4) is 0 Å². The SMILES string of the molecule is Brc1cc(-c2nc([C@H]3CN4CCN3CC4)no2)cc2nccnc12. The van der Waals surface area contributed by atoms with Gasteiger partial charge in [-0.25, -0.2) is 0 Å². The number of hydrogen-bond donors (Lipinski definition) is 0. The van der Waals surface area contributed by atoms with Gasteiger partial charge in [0.2, 0.25) is 0 Å². The predicted octanol–water partition coefficient (Wildman–Crippen LogP) is 2.11. The number of aromatic nitrogens is 4. The van der Waals surface area contributed by atoms with Gasteiger partial charge in [-0.2, -0.15) is 4.98 Å². The number of benzene rings is 1. The predicted molar refractivity (Wildman–Crippen MR) is 91.3 cm³/mol. The lowest BCUT2D eigenvalue weighted by Crippen LogP contribution is -2.57. The molecule has 0 aliphatic carbocycles. The zero-order chi connectivity index (χ0) is 16.1. The molecule has 1 atom stereocenters. The molecule has 0 saturated carbocycles. The third-order valence-electron chi connectivity index (χ3n) is 4.79. The maximum absolute atomic E-state index is 5.54. The standard InChI is InChI=1S/C16H15BrN6O/c17-11-7-10(8-12-14(11)19-2-1-18-12)16-20-15(21-24-16)13-9-22-3-5-23(13)6-4-22/h1-2,7-8,13H,3-6,9H2/t13-/m1/s1. The van der Waals surface area contributed by atoms with Crippen molar-refractivity contribution in [2.75, 3.05) is 32.7 Å². The summed E-state index contributed by atoms with van der Waals surface area (Å²) in [5.41, 5.74) is 2.47. The van der Waals surface area contributed by atoms with Crippen LogP contribution in [0.4, 0.5) is 0 Å². The van der Waals surface area contributed by atoms with Crippen molar-refractivity contribution in [3.63, 3.8) is 0 Å². The van der Waals surface area contributed by atoms with Gasteiger partial charge in [-0.1, -0.05) is 5.16 Å². The Balaban J connectivity index is 1.51. The van der Waals surface area contributed by atoms with E-state index in [-0.39, 0.29) is 6.04 Å². The minimum absolute atomic E-state index is 0.230. The van der Waals surface area contributed by atoms with Gasteiger partial charge in [0.1, 0.15) is 5.52 Å². The second-order valence-corrected chi connectivity index (χ2v) is 7.05. The van der Waals surface area contributed by atoms with Crippen LogP contribution in [-0.4, -0.2) is 62.6 Å². The summed E-state index contributed by atoms with van der Waals surface area (Å²) in [6.45, 7) is 5.40. The minimum atomic E-state index is 0.230. The van der Waals surface area contributed by atoms with E-state index in [0.717, 1.165) is 59.6 Å². The third kappa shape index (κ3) is 2.33. The number of rotatable bonds is 2. The van der Waals surface area contributed by atoms with Gasteiger partial charge >= 0.3 is 0 Å². The molecule has 2 bridgehead atoms. The topological polar surface area (TPSA) is 71.2 Å². The summed E-state index contributed by atoms with van der Waals surface area (Å²) in [6.07, 6.45) is 3.36. The van der Waals surface area contributed by atoms with Crippen LogP contribution in [0.2, 0.25) is 0 Å². The van der Waals surface area contributed by atoms with Crippen molar-refractivity contribution in [2.24, 2.45) is 0 Å². The van der Waals surface area contributed by atoms with Crippen LogP contribution in [0.1, 0.15) is 11.9 Å². The summed E-state index contributed by atoms with van der Waals surface area (Å²) in [7, 11) is 0. The Morgan fingerprint density at radius 3 is 2.71 bits per heavy atom. The molecule has 0 amide bonds. The van der Waals surface area contributed by atoms with E-state index >= 15 is 0 Å². The van der Waals surface area contributed by atoms with Crippen molar-refractivity contribution in [2.45, 2.75) is 6.04 Å². The van der Waals surface area contributed by atoms with Gasteiger partial charge in [-0.3, -0.25) is 19.8 Å². The average Bonchev–Trinajstić information content (AvgIpc) is 3.13. The first-order valence-corrected chi connectivity index (χ1v) is 8.78. The fourth-order valence-corrected chi connectivity index (χ4v) is 4.06. The first-order chi connectivity index (χ1) is 11.8. The molecule has 2 aromatic heterocycles. The van der Waals surface area contributed by atoms with E-state index in [1.807, 2.05) is 12.1 Å². The Bertz CT molecular complexity index is 904. The van der Waals surface area contributed by atoms with Crippen molar-refractivity contribution >= 4 is 27.0 Å². The molecule has 0 N–H and O–H groups in total. The lowest BCUT2D eigenvalue weighted by Gasteiger charge is -2.46. The van der Waals surface area contributed by atoms with E-state index in [9.17, 15) is 0 Å². The second-order valence-electron chi connectivity index (χ2n) is 6.19. The smallest absolute Gasteiger partial charge is 0.258 e. The minimum Gasteiger partial charge on any atom is -0.334 e. The fraction of sp³-hybridized carbons (Fsp3) is 0.375. The highest BCUT2D eigenvalue weighted by Crippen LogP contribution is 2.31. The number of halogens is 1. The van der Waals surface area contributed by atoms with E-state index < -0.39 is 0 Å². The van der Waals surface area contributed by atoms with Crippen LogP contribution in [0.5, 0.6) is 0 Å². The fourth-order valence-electron chi connectivity index (χ4n) is 3.51. The molecule has 3 aliphatic heterocycles. The van der Waals surface area contributed by atoms with Crippen LogP contribution in [0.25, 0.3) is 22.5 Å². The molecular weight excluding hydrogens is 372 g/mol. The molecule has 0 unspecified atom stereocenters. The Morgan fingerprint density at radius 1 is 1.08 bits per heavy atom. The van der Waals surface area contributed by atoms with E-state index in [1.165, 1.54) is 0 Å². The molecule has 3 aliphatic rings. The molecule has 6 rings (SSSR count). The molecule has 24 heavy (non-hydrogen) atoms. The van der Waals surface area contributed by atoms with Gasteiger partial charge in [-0.05, 0) is 28.1 Å². The van der Waals surface area contributed by atoms with Crippen molar-refractivity contribution in [3.05, 3.63) is 34.8 Å². The van der Waals surface area contributed by atoms with Gasteiger partial charge in [0, 0.05) is 55.2 Å².